The molecule has 0 saturated carbocycles. The highest BCUT2D eigenvalue weighted by Gasteiger charge is 2.01. The molecule has 88 valence electrons. The minimum Gasteiger partial charge on any atom is -0.457 e. The second kappa shape index (κ2) is 5.67. The van der Waals surface area contributed by atoms with Crippen molar-refractivity contribution in [1.82, 2.24) is 0 Å². The van der Waals surface area contributed by atoms with Crippen LogP contribution in [-0.2, 0) is 10.7 Å². The molecule has 2 aromatic carbocycles. The van der Waals surface area contributed by atoms with E-state index in [9.17, 15) is 4.57 Å². The largest absolute Gasteiger partial charge is 0.457 e. The highest BCUT2D eigenvalue weighted by Crippen LogP contribution is 2.26. The summed E-state index contributed by atoms with van der Waals surface area (Å²) in [6, 6.07) is 16.7. The molecule has 0 aromatic heterocycles. The summed E-state index contributed by atoms with van der Waals surface area (Å²) in [7, 11) is -2.48. The lowest BCUT2D eigenvalue weighted by molar-refractivity contribution is 0.482. The third kappa shape index (κ3) is 3.74. The molecule has 0 radical (unpaired) electrons. The summed E-state index contributed by atoms with van der Waals surface area (Å²) < 4.78 is 16.4. The van der Waals surface area contributed by atoms with Gasteiger partial charge in [-0.2, -0.15) is 0 Å². The molecule has 3 nitrogen and oxygen atoms in total. The number of benzene rings is 2. The molecule has 1 atom stereocenters. The van der Waals surface area contributed by atoms with Gasteiger partial charge in [0.2, 0.25) is 0 Å². The Labute approximate surface area is 101 Å². The van der Waals surface area contributed by atoms with Gasteiger partial charge in [0.1, 0.15) is 11.5 Å². The van der Waals surface area contributed by atoms with Gasteiger partial charge in [0.15, 0.2) is 8.03 Å². The zero-order valence-electron chi connectivity index (χ0n) is 9.17. The van der Waals surface area contributed by atoms with Crippen LogP contribution in [0.4, 0.5) is 0 Å². The van der Waals surface area contributed by atoms with Crippen LogP contribution in [-0.4, -0.2) is 4.89 Å². The Morgan fingerprint density at radius 3 is 2.41 bits per heavy atom. The summed E-state index contributed by atoms with van der Waals surface area (Å²) in [6.07, 6.45) is 0.191. The molecule has 1 unspecified atom stereocenters. The van der Waals surface area contributed by atoms with E-state index in [-0.39, 0.29) is 6.16 Å². The van der Waals surface area contributed by atoms with E-state index in [4.69, 9.17) is 9.63 Å². The highest BCUT2D eigenvalue weighted by molar-refractivity contribution is 7.37. The molecule has 0 aliphatic rings. The first-order chi connectivity index (χ1) is 8.24. The van der Waals surface area contributed by atoms with Gasteiger partial charge in [-0.25, -0.2) is 0 Å². The van der Waals surface area contributed by atoms with E-state index in [2.05, 4.69) is 0 Å². The van der Waals surface area contributed by atoms with E-state index in [1.807, 2.05) is 48.5 Å². The molecule has 0 saturated heterocycles. The van der Waals surface area contributed by atoms with Gasteiger partial charge in [-0.3, -0.25) is 4.57 Å². The summed E-state index contributed by atoms with van der Waals surface area (Å²) in [6.45, 7) is 0. The number of hydrogen-bond acceptors (Lipinski definition) is 2. The zero-order chi connectivity index (χ0) is 12.1. The molecular formula is C13H13O3P. The van der Waals surface area contributed by atoms with Crippen molar-refractivity contribution in [2.75, 3.05) is 0 Å². The van der Waals surface area contributed by atoms with Gasteiger partial charge in [0, 0.05) is 6.16 Å². The maximum absolute atomic E-state index is 10.8. The van der Waals surface area contributed by atoms with Gasteiger partial charge >= 0.3 is 0 Å². The summed E-state index contributed by atoms with van der Waals surface area (Å²) in [5, 5.41) is 0. The zero-order valence-corrected chi connectivity index (χ0v) is 10.2. The molecule has 0 bridgehead atoms. The Kier molecular flexibility index (Phi) is 3.97. The minimum atomic E-state index is -2.48. The Morgan fingerprint density at radius 1 is 1.00 bits per heavy atom. The second-order valence-corrected chi connectivity index (χ2v) is 4.77. The van der Waals surface area contributed by atoms with Gasteiger partial charge in [-0.1, -0.05) is 30.3 Å². The van der Waals surface area contributed by atoms with E-state index in [0.717, 1.165) is 11.3 Å². The first-order valence-electron chi connectivity index (χ1n) is 5.28. The molecular weight excluding hydrogens is 235 g/mol. The van der Waals surface area contributed by atoms with Crippen LogP contribution in [0, 0.1) is 0 Å². The maximum Gasteiger partial charge on any atom is 0.193 e. The van der Waals surface area contributed by atoms with Crippen molar-refractivity contribution in [2.24, 2.45) is 0 Å². The summed E-state index contributed by atoms with van der Waals surface area (Å²) in [4.78, 5) is 8.89. The van der Waals surface area contributed by atoms with Crippen molar-refractivity contribution in [1.29, 1.82) is 0 Å². The van der Waals surface area contributed by atoms with E-state index in [1.165, 1.54) is 0 Å². The van der Waals surface area contributed by atoms with Gasteiger partial charge in [0.05, 0.1) is 0 Å². The Bertz CT molecular complexity index is 511. The summed E-state index contributed by atoms with van der Waals surface area (Å²) in [5.41, 5.74) is 0.810. The van der Waals surface area contributed by atoms with Crippen molar-refractivity contribution in [3.05, 3.63) is 60.2 Å². The molecule has 4 heteroatoms. The van der Waals surface area contributed by atoms with Crippen molar-refractivity contribution in [3.8, 4) is 11.5 Å². The fraction of sp³-hybridized carbons (Fsp3) is 0.0769. The summed E-state index contributed by atoms with van der Waals surface area (Å²) >= 11 is 0. The predicted octanol–water partition coefficient (Wildman–Crippen LogP) is 3.45. The average molecular weight is 248 g/mol. The van der Waals surface area contributed by atoms with Crippen LogP contribution >= 0.6 is 8.03 Å². The molecule has 0 aliphatic carbocycles. The monoisotopic (exact) mass is 248 g/mol. The second-order valence-electron chi connectivity index (χ2n) is 3.63. The molecule has 1 N–H and O–H groups in total. The SMILES string of the molecule is O=[PH](O)Cc1cccc(Oc2ccccc2)c1. The predicted molar refractivity (Wildman–Crippen MR) is 67.9 cm³/mol. The lowest BCUT2D eigenvalue weighted by Gasteiger charge is -2.06. The average Bonchev–Trinajstić information content (AvgIpc) is 2.30. The van der Waals surface area contributed by atoms with Gasteiger partial charge in [-0.05, 0) is 29.8 Å². The lowest BCUT2D eigenvalue weighted by atomic mass is 10.2. The molecule has 0 heterocycles. The quantitative estimate of drug-likeness (QED) is 0.843. The van der Waals surface area contributed by atoms with Crippen LogP contribution in [0.5, 0.6) is 11.5 Å². The van der Waals surface area contributed by atoms with Gasteiger partial charge in [-0.15, -0.1) is 0 Å². The molecule has 2 aromatic rings. The van der Waals surface area contributed by atoms with Crippen LogP contribution in [0.3, 0.4) is 0 Å². The first-order valence-corrected chi connectivity index (χ1v) is 6.84. The van der Waals surface area contributed by atoms with Crippen molar-refractivity contribution >= 4 is 8.03 Å². The topological polar surface area (TPSA) is 46.5 Å². The lowest BCUT2D eigenvalue weighted by Crippen LogP contribution is -1.86. The van der Waals surface area contributed by atoms with Crippen molar-refractivity contribution < 1.29 is 14.2 Å². The fourth-order valence-electron chi connectivity index (χ4n) is 1.52. The molecule has 0 fully saturated rings. The standard InChI is InChI=1S/C13H13O3P/c14-17(15)10-11-5-4-8-13(9-11)16-12-6-2-1-3-7-12/h1-9,17H,10H2,(H,14,15). The Hall–Kier alpha value is -1.57. The number of para-hydroxylation sites is 1. The Balaban J connectivity index is 2.14. The smallest absolute Gasteiger partial charge is 0.193 e. The maximum atomic E-state index is 10.8. The normalized spacial score (nSPS) is 12.1. The third-order valence-corrected chi connectivity index (χ3v) is 2.94. The first kappa shape index (κ1) is 11.9. The van der Waals surface area contributed by atoms with Crippen molar-refractivity contribution in [3.63, 3.8) is 0 Å². The molecule has 0 aliphatic heterocycles. The molecule has 17 heavy (non-hydrogen) atoms. The van der Waals surface area contributed by atoms with E-state index < -0.39 is 8.03 Å². The van der Waals surface area contributed by atoms with E-state index in [1.54, 1.807) is 6.07 Å². The van der Waals surface area contributed by atoms with E-state index in [0.29, 0.717) is 5.75 Å². The number of ether oxygens (including phenoxy) is 1. The molecule has 0 amide bonds. The summed E-state index contributed by atoms with van der Waals surface area (Å²) in [5.74, 6) is 1.43. The number of hydrogen-bond donors (Lipinski definition) is 1. The third-order valence-electron chi connectivity index (χ3n) is 2.23. The highest BCUT2D eigenvalue weighted by atomic mass is 31.1. The van der Waals surface area contributed by atoms with Gasteiger partial charge < -0.3 is 9.63 Å². The fourth-order valence-corrected chi connectivity index (χ4v) is 2.09. The minimum absolute atomic E-state index is 0.191. The van der Waals surface area contributed by atoms with Crippen LogP contribution < -0.4 is 4.74 Å². The number of rotatable bonds is 4. The van der Waals surface area contributed by atoms with Crippen LogP contribution in [0.25, 0.3) is 0 Å². The van der Waals surface area contributed by atoms with Gasteiger partial charge in [0.25, 0.3) is 0 Å². The molecule has 2 rings (SSSR count). The van der Waals surface area contributed by atoms with Crippen LogP contribution in [0.1, 0.15) is 5.56 Å². The van der Waals surface area contributed by atoms with Crippen LogP contribution in [0.2, 0.25) is 0 Å². The van der Waals surface area contributed by atoms with Crippen LogP contribution in [0.15, 0.2) is 54.6 Å². The Morgan fingerprint density at radius 2 is 1.71 bits per heavy atom. The van der Waals surface area contributed by atoms with E-state index >= 15 is 0 Å². The van der Waals surface area contributed by atoms with Crippen molar-refractivity contribution in [2.45, 2.75) is 6.16 Å². The molecule has 0 spiro atoms.